The van der Waals surface area contributed by atoms with Crippen molar-refractivity contribution >= 4 is 94.8 Å². The zero-order valence-corrected chi connectivity index (χ0v) is 38.2. The van der Waals surface area contributed by atoms with E-state index in [0.29, 0.717) is 0 Å². The predicted molar refractivity (Wildman–Crippen MR) is 267 cm³/mol. The van der Waals surface area contributed by atoms with Gasteiger partial charge in [0.2, 0.25) is 0 Å². The third-order valence-corrected chi connectivity index (χ3v) is 15.5. The summed E-state index contributed by atoms with van der Waals surface area (Å²) in [5.74, 6) is 0. The fourth-order valence-electron chi connectivity index (χ4n) is 11.9. The van der Waals surface area contributed by atoms with E-state index in [1.165, 1.54) is 77.2 Å². The predicted octanol–water partition coefficient (Wildman–Crippen LogP) is 14.8. The molecule has 2 aliphatic heterocycles. The van der Waals surface area contributed by atoms with Gasteiger partial charge >= 0.3 is 6.85 Å². The molecular weight excluding hydrogens is 767 g/mol. The van der Waals surface area contributed by atoms with Crippen LogP contribution in [0.1, 0.15) is 104 Å². The van der Waals surface area contributed by atoms with Gasteiger partial charge in [0, 0.05) is 55.6 Å². The first-order valence-corrected chi connectivity index (χ1v) is 23.0. The molecule has 0 atom stereocenters. The molecule has 4 nitrogen and oxygen atoms in total. The molecule has 0 saturated carbocycles. The standard InChI is InChI=1S/C58H53BN2O2/c1-55(2,3)32-19-22-34(23-20-32)61-45-31-48-37(35-15-11-13-17-46(35)62-48)28-38(45)49-50-36-16-12-14-18-47(36)63-54(50)51-39-29-40-41(58(9,10)26-25-57(40,7)8)30-44(39)60-43-24-21-33(56(4,5)6)27-42(43)59(61)52(49)53(51)60/h11-24,27-31H,25-26H2,1-10H3. The van der Waals surface area contributed by atoms with Crippen LogP contribution in [0.4, 0.5) is 11.4 Å². The van der Waals surface area contributed by atoms with E-state index in [0.717, 1.165) is 62.7 Å². The number of hydrogen-bond donors (Lipinski definition) is 0. The van der Waals surface area contributed by atoms with Crippen LogP contribution in [0.5, 0.6) is 0 Å². The molecule has 0 unspecified atom stereocenters. The lowest BCUT2D eigenvalue weighted by Crippen LogP contribution is -2.60. The molecule has 7 aromatic carbocycles. The molecule has 13 rings (SSSR count). The first-order valence-electron chi connectivity index (χ1n) is 23.0. The van der Waals surface area contributed by atoms with Gasteiger partial charge in [0.05, 0.1) is 16.4 Å². The molecule has 10 aromatic rings. The minimum atomic E-state index is -0.146. The topological polar surface area (TPSA) is 34.5 Å². The summed E-state index contributed by atoms with van der Waals surface area (Å²) in [6, 6.07) is 43.9. The van der Waals surface area contributed by atoms with Crippen molar-refractivity contribution in [1.29, 1.82) is 0 Å². The van der Waals surface area contributed by atoms with E-state index in [9.17, 15) is 0 Å². The Hall–Kier alpha value is -6.20. The average Bonchev–Trinajstić information content (AvgIpc) is 3.92. The van der Waals surface area contributed by atoms with Crippen LogP contribution in [0.25, 0.3) is 82.5 Å². The summed E-state index contributed by atoms with van der Waals surface area (Å²) in [6.07, 6.45) is 2.32. The molecule has 0 fully saturated rings. The SMILES string of the molecule is CC(C)(C)c1ccc(N2B3c4cc(C(C)(C)C)ccc4-n4c5cc6c(cc5c5c7oc8ccccc8c7c(c3c54)-c3cc4c(cc32)oc2ccccc24)C(C)(C)CCC6(C)C)cc1. The summed E-state index contributed by atoms with van der Waals surface area (Å²) in [5.41, 5.74) is 20.5. The van der Waals surface area contributed by atoms with Gasteiger partial charge in [-0.15, -0.1) is 0 Å². The maximum absolute atomic E-state index is 7.27. The molecule has 0 saturated heterocycles. The maximum atomic E-state index is 7.27. The Labute approximate surface area is 369 Å². The van der Waals surface area contributed by atoms with Crippen LogP contribution < -0.4 is 15.7 Å². The van der Waals surface area contributed by atoms with E-state index >= 15 is 0 Å². The molecule has 0 radical (unpaired) electrons. The largest absolute Gasteiger partial charge is 0.456 e. The molecule has 0 spiro atoms. The van der Waals surface area contributed by atoms with Crippen molar-refractivity contribution in [2.24, 2.45) is 0 Å². The van der Waals surface area contributed by atoms with E-state index < -0.39 is 0 Å². The van der Waals surface area contributed by atoms with Crippen molar-refractivity contribution in [2.75, 3.05) is 4.81 Å². The van der Waals surface area contributed by atoms with Gasteiger partial charge in [-0.3, -0.25) is 0 Å². The molecule has 3 aliphatic rings. The van der Waals surface area contributed by atoms with Gasteiger partial charge in [0.1, 0.15) is 22.3 Å². The van der Waals surface area contributed by atoms with E-state index in [2.05, 4.69) is 194 Å². The van der Waals surface area contributed by atoms with Gasteiger partial charge in [0.15, 0.2) is 0 Å². The van der Waals surface area contributed by atoms with Crippen molar-refractivity contribution < 1.29 is 8.83 Å². The van der Waals surface area contributed by atoms with Crippen LogP contribution in [0.2, 0.25) is 0 Å². The monoisotopic (exact) mass is 820 g/mol. The second kappa shape index (κ2) is 11.9. The Morgan fingerprint density at radius 3 is 1.89 bits per heavy atom. The molecule has 0 bridgehead atoms. The van der Waals surface area contributed by atoms with Gasteiger partial charge in [-0.1, -0.05) is 130 Å². The molecule has 0 amide bonds. The summed E-state index contributed by atoms with van der Waals surface area (Å²) < 4.78 is 16.7. The number of furan rings is 2. The lowest BCUT2D eigenvalue weighted by molar-refractivity contribution is 0.332. The molecule has 5 heteroatoms. The maximum Gasteiger partial charge on any atom is 0.333 e. The third-order valence-electron chi connectivity index (χ3n) is 15.5. The molecule has 0 N–H and O–H groups in total. The van der Waals surface area contributed by atoms with Crippen LogP contribution in [-0.2, 0) is 21.7 Å². The fourth-order valence-corrected chi connectivity index (χ4v) is 11.9. The first-order chi connectivity index (χ1) is 30.0. The summed E-state index contributed by atoms with van der Waals surface area (Å²) in [5, 5.41) is 7.10. The summed E-state index contributed by atoms with van der Waals surface area (Å²) >= 11 is 0. The number of nitrogens with zero attached hydrogens (tertiary/aromatic N) is 2. The zero-order valence-electron chi connectivity index (χ0n) is 38.2. The van der Waals surface area contributed by atoms with Crippen molar-refractivity contribution in [2.45, 2.75) is 104 Å². The highest BCUT2D eigenvalue weighted by molar-refractivity contribution is 6.94. The average molecular weight is 821 g/mol. The summed E-state index contributed by atoms with van der Waals surface area (Å²) in [6.45, 7) is 23.6. The second-order valence-electron chi connectivity index (χ2n) is 22.4. The van der Waals surface area contributed by atoms with E-state index in [1.807, 2.05) is 0 Å². The van der Waals surface area contributed by atoms with Gasteiger partial charge in [-0.25, -0.2) is 0 Å². The Morgan fingerprint density at radius 1 is 0.556 bits per heavy atom. The lowest BCUT2D eigenvalue weighted by Gasteiger charge is -2.43. The molecule has 1 aliphatic carbocycles. The summed E-state index contributed by atoms with van der Waals surface area (Å²) in [4.78, 5) is 2.65. The Kier molecular flexibility index (Phi) is 7.04. The van der Waals surface area contributed by atoms with Gasteiger partial charge in [0.25, 0.3) is 0 Å². The molecule has 5 heterocycles. The lowest BCUT2D eigenvalue weighted by atomic mass is 9.43. The molecular formula is C58H53BN2O2. The molecule has 3 aromatic heterocycles. The van der Waals surface area contributed by atoms with Crippen molar-refractivity contribution in [3.8, 4) is 16.8 Å². The minimum Gasteiger partial charge on any atom is -0.456 e. The number of hydrogen-bond acceptors (Lipinski definition) is 3. The quantitative estimate of drug-likeness (QED) is 0.155. The highest BCUT2D eigenvalue weighted by Gasteiger charge is 2.47. The number of rotatable bonds is 1. The Bertz CT molecular complexity index is 3650. The normalized spacial score (nSPS) is 16.5. The van der Waals surface area contributed by atoms with Crippen LogP contribution in [0, 0.1) is 0 Å². The van der Waals surface area contributed by atoms with Crippen LogP contribution in [0.15, 0.2) is 124 Å². The van der Waals surface area contributed by atoms with Gasteiger partial charge < -0.3 is 18.2 Å². The molecule has 63 heavy (non-hydrogen) atoms. The number of para-hydroxylation sites is 2. The molecule has 310 valence electrons. The van der Waals surface area contributed by atoms with E-state index in [4.69, 9.17) is 8.83 Å². The minimum absolute atomic E-state index is 0.0216. The highest BCUT2D eigenvalue weighted by Crippen LogP contribution is 2.54. The number of fused-ring (bicyclic) bond motifs is 17. The number of benzene rings is 7. The number of anilines is 2. The first kappa shape index (κ1) is 37.4. The van der Waals surface area contributed by atoms with Crippen molar-refractivity contribution in [3.05, 3.63) is 138 Å². The van der Waals surface area contributed by atoms with Crippen molar-refractivity contribution in [1.82, 2.24) is 4.57 Å². The van der Waals surface area contributed by atoms with Gasteiger partial charge in [-0.05, 0) is 122 Å². The Morgan fingerprint density at radius 2 is 1.19 bits per heavy atom. The highest BCUT2D eigenvalue weighted by atomic mass is 16.3. The fraction of sp³-hybridized carbons (Fsp3) is 0.276. The van der Waals surface area contributed by atoms with E-state index in [1.54, 1.807) is 0 Å². The number of aromatic nitrogens is 1. The van der Waals surface area contributed by atoms with Crippen molar-refractivity contribution in [3.63, 3.8) is 0 Å². The smallest absolute Gasteiger partial charge is 0.333 e. The van der Waals surface area contributed by atoms with E-state index in [-0.39, 0.29) is 28.5 Å². The van der Waals surface area contributed by atoms with Gasteiger partial charge in [-0.2, -0.15) is 0 Å². The van der Waals surface area contributed by atoms with Crippen LogP contribution in [-0.4, -0.2) is 11.4 Å². The second-order valence-corrected chi connectivity index (χ2v) is 22.4. The van der Waals surface area contributed by atoms with Crippen LogP contribution in [0.3, 0.4) is 0 Å². The zero-order chi connectivity index (χ0) is 43.3. The summed E-state index contributed by atoms with van der Waals surface area (Å²) in [7, 11) is 0. The Balaban J connectivity index is 1.29. The van der Waals surface area contributed by atoms with Crippen LogP contribution >= 0.6 is 0 Å². The third kappa shape index (κ3) is 4.89.